The number of imidazole rings is 1. The van der Waals surface area contributed by atoms with Gasteiger partial charge in [0.15, 0.2) is 5.03 Å². The molecule has 0 bridgehead atoms. The third-order valence-corrected chi connectivity index (χ3v) is 5.97. The van der Waals surface area contributed by atoms with Crippen LogP contribution in [-0.4, -0.2) is 40.2 Å². The maximum Gasteiger partial charge on any atom is 0.262 e. The summed E-state index contributed by atoms with van der Waals surface area (Å²) < 4.78 is 28.2. The Kier molecular flexibility index (Phi) is 4.13. The highest BCUT2D eigenvalue weighted by atomic mass is 79.9. The first kappa shape index (κ1) is 14.0. The molecule has 0 aromatic carbocycles. The van der Waals surface area contributed by atoms with Crippen molar-refractivity contribution in [3.8, 4) is 0 Å². The molecule has 18 heavy (non-hydrogen) atoms. The summed E-state index contributed by atoms with van der Waals surface area (Å²) in [4.78, 5) is 4.60. The molecule has 1 aromatic heterocycles. The number of halogens is 1. The molecular formula is C11H18BrN3O2S. The van der Waals surface area contributed by atoms with Crippen LogP contribution in [0.5, 0.6) is 0 Å². The van der Waals surface area contributed by atoms with Gasteiger partial charge in [-0.3, -0.25) is 0 Å². The summed E-state index contributed by atoms with van der Waals surface area (Å²) in [6.45, 7) is 5.67. The van der Waals surface area contributed by atoms with E-state index in [1.807, 2.05) is 18.4 Å². The Labute approximate surface area is 116 Å². The van der Waals surface area contributed by atoms with E-state index in [-0.39, 0.29) is 5.03 Å². The van der Waals surface area contributed by atoms with E-state index >= 15 is 0 Å². The van der Waals surface area contributed by atoms with Gasteiger partial charge in [0, 0.05) is 30.7 Å². The summed E-state index contributed by atoms with van der Waals surface area (Å²) >= 11 is 3.52. The summed E-state index contributed by atoms with van der Waals surface area (Å²) in [5, 5.41) is 0.176. The SMILES string of the molecule is CCn1cc(S(=O)(=O)N2CCC(Br)CC2)nc1C. The highest BCUT2D eigenvalue weighted by Crippen LogP contribution is 2.23. The van der Waals surface area contributed by atoms with Gasteiger partial charge in [0.25, 0.3) is 10.0 Å². The molecule has 0 aliphatic carbocycles. The summed E-state index contributed by atoms with van der Waals surface area (Å²) in [6.07, 6.45) is 3.34. The van der Waals surface area contributed by atoms with Crippen molar-refractivity contribution in [2.45, 2.75) is 43.1 Å². The molecular weight excluding hydrogens is 318 g/mol. The van der Waals surface area contributed by atoms with E-state index in [4.69, 9.17) is 0 Å². The molecule has 0 spiro atoms. The van der Waals surface area contributed by atoms with Crippen LogP contribution in [0.3, 0.4) is 0 Å². The Hall–Kier alpha value is -0.400. The molecule has 0 amide bonds. The number of piperidine rings is 1. The second kappa shape index (κ2) is 5.30. The van der Waals surface area contributed by atoms with Crippen molar-refractivity contribution in [3.05, 3.63) is 12.0 Å². The predicted molar refractivity (Wildman–Crippen MR) is 73.3 cm³/mol. The van der Waals surface area contributed by atoms with Crippen LogP contribution in [0.25, 0.3) is 0 Å². The lowest BCUT2D eigenvalue weighted by Crippen LogP contribution is -2.38. The van der Waals surface area contributed by atoms with E-state index in [9.17, 15) is 8.42 Å². The fraction of sp³-hybridized carbons (Fsp3) is 0.727. The summed E-state index contributed by atoms with van der Waals surface area (Å²) in [6, 6.07) is 0. The normalized spacial score (nSPS) is 19.3. The quantitative estimate of drug-likeness (QED) is 0.791. The molecule has 1 saturated heterocycles. The number of hydrogen-bond donors (Lipinski definition) is 0. The van der Waals surface area contributed by atoms with Gasteiger partial charge < -0.3 is 4.57 Å². The minimum Gasteiger partial charge on any atom is -0.334 e. The number of sulfonamides is 1. The van der Waals surface area contributed by atoms with E-state index in [0.717, 1.165) is 25.2 Å². The second-order valence-corrected chi connectivity index (χ2v) is 7.67. The Balaban J connectivity index is 2.24. The van der Waals surface area contributed by atoms with Crippen LogP contribution in [-0.2, 0) is 16.6 Å². The van der Waals surface area contributed by atoms with Gasteiger partial charge in [0.2, 0.25) is 0 Å². The van der Waals surface area contributed by atoms with Crippen molar-refractivity contribution in [3.63, 3.8) is 0 Å². The Bertz CT molecular complexity index is 518. The average molecular weight is 336 g/mol. The van der Waals surface area contributed by atoms with E-state index < -0.39 is 10.0 Å². The fourth-order valence-corrected chi connectivity index (χ4v) is 3.99. The van der Waals surface area contributed by atoms with Crippen LogP contribution in [0.4, 0.5) is 0 Å². The third kappa shape index (κ3) is 2.62. The van der Waals surface area contributed by atoms with Crippen LogP contribution in [0.15, 0.2) is 11.2 Å². The van der Waals surface area contributed by atoms with Crippen molar-refractivity contribution in [2.75, 3.05) is 13.1 Å². The van der Waals surface area contributed by atoms with Crippen LogP contribution >= 0.6 is 15.9 Å². The van der Waals surface area contributed by atoms with Gasteiger partial charge in [0.05, 0.1) is 0 Å². The highest BCUT2D eigenvalue weighted by Gasteiger charge is 2.30. The molecule has 102 valence electrons. The van der Waals surface area contributed by atoms with E-state index in [1.54, 1.807) is 6.20 Å². The van der Waals surface area contributed by atoms with E-state index in [0.29, 0.717) is 17.9 Å². The molecule has 1 fully saturated rings. The first-order valence-corrected chi connectivity index (χ1v) is 8.48. The van der Waals surface area contributed by atoms with Gasteiger partial charge in [-0.15, -0.1) is 0 Å². The van der Waals surface area contributed by atoms with Gasteiger partial charge >= 0.3 is 0 Å². The maximum absolute atomic E-state index is 12.4. The zero-order chi connectivity index (χ0) is 13.3. The van der Waals surface area contributed by atoms with Gasteiger partial charge in [-0.2, -0.15) is 4.31 Å². The summed E-state index contributed by atoms with van der Waals surface area (Å²) in [5.74, 6) is 0.742. The van der Waals surface area contributed by atoms with Gasteiger partial charge in [-0.25, -0.2) is 13.4 Å². The smallest absolute Gasteiger partial charge is 0.262 e. The molecule has 2 heterocycles. The molecule has 1 aliphatic rings. The van der Waals surface area contributed by atoms with Crippen molar-refractivity contribution in [1.29, 1.82) is 0 Å². The highest BCUT2D eigenvalue weighted by molar-refractivity contribution is 9.09. The second-order valence-electron chi connectivity index (χ2n) is 4.49. The standard InChI is InChI=1S/C11H18BrN3O2S/c1-3-14-8-11(13-9(14)2)18(16,17)15-6-4-10(12)5-7-15/h8,10H,3-7H2,1-2H3. The number of aryl methyl sites for hydroxylation is 2. The van der Waals surface area contributed by atoms with Crippen LogP contribution < -0.4 is 0 Å². The van der Waals surface area contributed by atoms with Gasteiger partial charge in [-0.1, -0.05) is 15.9 Å². The van der Waals surface area contributed by atoms with Crippen LogP contribution in [0, 0.1) is 6.92 Å². The number of rotatable bonds is 3. The molecule has 2 rings (SSSR count). The minimum atomic E-state index is -3.42. The number of aromatic nitrogens is 2. The lowest BCUT2D eigenvalue weighted by Gasteiger charge is -2.27. The molecule has 5 nitrogen and oxygen atoms in total. The average Bonchev–Trinajstić information content (AvgIpc) is 2.72. The number of alkyl halides is 1. The lowest BCUT2D eigenvalue weighted by atomic mass is 10.2. The molecule has 0 unspecified atom stereocenters. The van der Waals surface area contributed by atoms with Crippen molar-refractivity contribution in [1.82, 2.24) is 13.9 Å². The molecule has 0 radical (unpaired) electrons. The lowest BCUT2D eigenvalue weighted by molar-refractivity contribution is 0.353. The summed E-state index contributed by atoms with van der Waals surface area (Å²) in [5.41, 5.74) is 0. The molecule has 1 aliphatic heterocycles. The minimum absolute atomic E-state index is 0.176. The Morgan fingerprint density at radius 3 is 2.56 bits per heavy atom. The molecule has 0 atom stereocenters. The third-order valence-electron chi connectivity index (χ3n) is 3.28. The summed E-state index contributed by atoms with van der Waals surface area (Å²) in [7, 11) is -3.42. The monoisotopic (exact) mass is 335 g/mol. The van der Waals surface area contributed by atoms with Crippen molar-refractivity contribution in [2.24, 2.45) is 0 Å². The molecule has 1 aromatic rings. The number of hydrogen-bond acceptors (Lipinski definition) is 3. The zero-order valence-electron chi connectivity index (χ0n) is 10.6. The van der Waals surface area contributed by atoms with Crippen LogP contribution in [0.1, 0.15) is 25.6 Å². The number of nitrogens with zero attached hydrogens (tertiary/aromatic N) is 3. The van der Waals surface area contributed by atoms with Crippen molar-refractivity contribution < 1.29 is 8.42 Å². The Morgan fingerprint density at radius 1 is 1.44 bits per heavy atom. The largest absolute Gasteiger partial charge is 0.334 e. The van der Waals surface area contributed by atoms with Crippen LogP contribution in [0.2, 0.25) is 0 Å². The van der Waals surface area contributed by atoms with Gasteiger partial charge in [0.1, 0.15) is 5.82 Å². The fourth-order valence-electron chi connectivity index (χ4n) is 2.12. The first-order valence-electron chi connectivity index (χ1n) is 6.13. The topological polar surface area (TPSA) is 55.2 Å². The van der Waals surface area contributed by atoms with E-state index in [2.05, 4.69) is 20.9 Å². The Morgan fingerprint density at radius 2 is 2.06 bits per heavy atom. The predicted octanol–water partition coefficient (Wildman–Crippen LogP) is 1.76. The zero-order valence-corrected chi connectivity index (χ0v) is 13.0. The molecule has 0 N–H and O–H groups in total. The van der Waals surface area contributed by atoms with Gasteiger partial charge in [-0.05, 0) is 26.7 Å². The van der Waals surface area contributed by atoms with E-state index in [1.165, 1.54) is 4.31 Å². The first-order chi connectivity index (χ1) is 8.45. The van der Waals surface area contributed by atoms with Crippen molar-refractivity contribution >= 4 is 26.0 Å². The maximum atomic E-state index is 12.4. The molecule has 7 heteroatoms. The molecule has 0 saturated carbocycles.